The number of aryl methyl sites for hydroxylation is 1. The van der Waals surface area contributed by atoms with Crippen molar-refractivity contribution in [3.63, 3.8) is 0 Å². The van der Waals surface area contributed by atoms with Gasteiger partial charge in [-0.25, -0.2) is 9.97 Å². The maximum atomic E-state index is 5.88. The summed E-state index contributed by atoms with van der Waals surface area (Å²) in [5.41, 5.74) is 6.49. The highest BCUT2D eigenvalue weighted by atomic mass is 16.5. The summed E-state index contributed by atoms with van der Waals surface area (Å²) < 4.78 is 5.32. The zero-order valence-electron chi connectivity index (χ0n) is 12.4. The Kier molecular flexibility index (Phi) is 3.83. The molecule has 0 atom stereocenters. The molecule has 0 aliphatic carbocycles. The van der Waals surface area contributed by atoms with Crippen LogP contribution in [0.5, 0.6) is 0 Å². The molecule has 112 valence electrons. The molecule has 2 aromatic rings. The first kappa shape index (κ1) is 13.9. The Balaban J connectivity index is 1.71. The average Bonchev–Trinajstić information content (AvgIpc) is 2.90. The molecular weight excluding hydrogens is 268 g/mol. The van der Waals surface area contributed by atoms with Crippen LogP contribution in [0.3, 0.4) is 0 Å². The van der Waals surface area contributed by atoms with Gasteiger partial charge in [0.25, 0.3) is 0 Å². The predicted molar refractivity (Wildman–Crippen MR) is 78.1 cm³/mol. The number of likely N-dealkylation sites (tertiary alicyclic amines) is 1. The van der Waals surface area contributed by atoms with Gasteiger partial charge in [-0.05, 0) is 38.8 Å². The van der Waals surface area contributed by atoms with Crippen molar-refractivity contribution in [2.24, 2.45) is 5.92 Å². The standard InChI is InChI=1S/C14H20N6O/c1-9-3-5-20(6-4-9)8-12-18-14(19-21-12)11-7-16-10(2)17-13(11)15/h7,9H,3-6,8H2,1-2H3,(H2,15,16,17). The second-order valence-corrected chi connectivity index (χ2v) is 5.69. The quantitative estimate of drug-likeness (QED) is 0.917. The number of rotatable bonds is 3. The first-order valence-electron chi connectivity index (χ1n) is 7.26. The number of nitrogen functional groups attached to an aromatic ring is 1. The number of piperidine rings is 1. The third-order valence-corrected chi connectivity index (χ3v) is 3.88. The number of aromatic nitrogens is 4. The van der Waals surface area contributed by atoms with Crippen LogP contribution in [0.1, 0.15) is 31.5 Å². The number of nitrogens with zero attached hydrogens (tertiary/aromatic N) is 5. The van der Waals surface area contributed by atoms with Crippen molar-refractivity contribution in [2.45, 2.75) is 33.2 Å². The van der Waals surface area contributed by atoms with Gasteiger partial charge in [-0.3, -0.25) is 4.90 Å². The summed E-state index contributed by atoms with van der Waals surface area (Å²) in [6, 6.07) is 0. The van der Waals surface area contributed by atoms with Gasteiger partial charge in [0.2, 0.25) is 11.7 Å². The molecule has 0 amide bonds. The van der Waals surface area contributed by atoms with Crippen LogP contribution in [-0.2, 0) is 6.54 Å². The van der Waals surface area contributed by atoms with E-state index in [2.05, 4.69) is 31.9 Å². The lowest BCUT2D eigenvalue weighted by Crippen LogP contribution is -2.32. The molecule has 1 saturated heterocycles. The minimum atomic E-state index is 0.377. The zero-order chi connectivity index (χ0) is 14.8. The summed E-state index contributed by atoms with van der Waals surface area (Å²) in [4.78, 5) is 15.0. The largest absolute Gasteiger partial charge is 0.383 e. The lowest BCUT2D eigenvalue weighted by atomic mass is 9.99. The lowest BCUT2D eigenvalue weighted by molar-refractivity contribution is 0.165. The third-order valence-electron chi connectivity index (χ3n) is 3.88. The van der Waals surface area contributed by atoms with Crippen LogP contribution < -0.4 is 5.73 Å². The van der Waals surface area contributed by atoms with Crippen LogP contribution >= 0.6 is 0 Å². The Morgan fingerprint density at radius 2 is 2.10 bits per heavy atom. The van der Waals surface area contributed by atoms with Gasteiger partial charge in [0, 0.05) is 6.20 Å². The van der Waals surface area contributed by atoms with Crippen molar-refractivity contribution in [1.82, 2.24) is 25.0 Å². The van der Waals surface area contributed by atoms with Gasteiger partial charge in [0.15, 0.2) is 0 Å². The smallest absolute Gasteiger partial charge is 0.241 e. The van der Waals surface area contributed by atoms with Gasteiger partial charge in [-0.1, -0.05) is 12.1 Å². The molecule has 7 nitrogen and oxygen atoms in total. The van der Waals surface area contributed by atoms with Crippen LogP contribution in [0.15, 0.2) is 10.7 Å². The molecule has 0 saturated carbocycles. The molecule has 0 aromatic carbocycles. The fraction of sp³-hybridized carbons (Fsp3) is 0.571. The first-order chi connectivity index (χ1) is 10.1. The van der Waals surface area contributed by atoms with Gasteiger partial charge in [0.05, 0.1) is 12.1 Å². The Morgan fingerprint density at radius 3 is 2.81 bits per heavy atom. The first-order valence-corrected chi connectivity index (χ1v) is 7.26. The molecule has 0 spiro atoms. The molecular formula is C14H20N6O. The number of hydrogen-bond donors (Lipinski definition) is 1. The molecule has 3 heterocycles. The van der Waals surface area contributed by atoms with Gasteiger partial charge < -0.3 is 10.3 Å². The molecule has 0 unspecified atom stereocenters. The van der Waals surface area contributed by atoms with E-state index in [0.717, 1.165) is 19.0 Å². The monoisotopic (exact) mass is 288 g/mol. The summed E-state index contributed by atoms with van der Waals surface area (Å²) in [6.45, 7) is 6.93. The topological polar surface area (TPSA) is 94.0 Å². The van der Waals surface area contributed by atoms with Gasteiger partial charge >= 0.3 is 0 Å². The van der Waals surface area contributed by atoms with E-state index in [1.165, 1.54) is 12.8 Å². The van der Waals surface area contributed by atoms with Crippen LogP contribution in [0.2, 0.25) is 0 Å². The fourth-order valence-corrected chi connectivity index (χ4v) is 2.50. The summed E-state index contributed by atoms with van der Waals surface area (Å²) in [5, 5.41) is 3.98. The van der Waals surface area contributed by atoms with Gasteiger partial charge in [-0.15, -0.1) is 0 Å². The Bertz CT molecular complexity index is 618. The second-order valence-electron chi connectivity index (χ2n) is 5.69. The number of anilines is 1. The Hall–Kier alpha value is -2.02. The van der Waals surface area contributed by atoms with E-state index in [-0.39, 0.29) is 0 Å². The van der Waals surface area contributed by atoms with Crippen molar-refractivity contribution < 1.29 is 4.52 Å². The molecule has 1 aliphatic heterocycles. The normalized spacial score (nSPS) is 17.2. The van der Waals surface area contributed by atoms with Crippen molar-refractivity contribution in [3.8, 4) is 11.4 Å². The highest BCUT2D eigenvalue weighted by molar-refractivity contribution is 5.66. The summed E-state index contributed by atoms with van der Waals surface area (Å²) in [7, 11) is 0. The van der Waals surface area contributed by atoms with E-state index in [9.17, 15) is 0 Å². The Morgan fingerprint density at radius 1 is 1.33 bits per heavy atom. The second kappa shape index (κ2) is 5.77. The molecule has 1 fully saturated rings. The Labute approximate surface area is 123 Å². The predicted octanol–water partition coefficient (Wildman–Crippen LogP) is 1.65. The molecule has 2 aromatic heterocycles. The highest BCUT2D eigenvalue weighted by Crippen LogP contribution is 2.22. The van der Waals surface area contributed by atoms with E-state index < -0.39 is 0 Å². The van der Waals surface area contributed by atoms with E-state index in [0.29, 0.717) is 35.5 Å². The van der Waals surface area contributed by atoms with E-state index in [1.807, 2.05) is 0 Å². The summed E-state index contributed by atoms with van der Waals surface area (Å²) >= 11 is 0. The van der Waals surface area contributed by atoms with E-state index in [1.54, 1.807) is 13.1 Å². The van der Waals surface area contributed by atoms with Crippen molar-refractivity contribution >= 4 is 5.82 Å². The van der Waals surface area contributed by atoms with Gasteiger partial charge in [-0.2, -0.15) is 4.98 Å². The van der Waals surface area contributed by atoms with Crippen molar-refractivity contribution in [2.75, 3.05) is 18.8 Å². The van der Waals surface area contributed by atoms with E-state index in [4.69, 9.17) is 10.3 Å². The van der Waals surface area contributed by atoms with Gasteiger partial charge in [0.1, 0.15) is 11.6 Å². The minimum Gasteiger partial charge on any atom is -0.383 e. The molecule has 7 heteroatoms. The van der Waals surface area contributed by atoms with Crippen LogP contribution in [0.4, 0.5) is 5.82 Å². The molecule has 0 radical (unpaired) electrons. The summed E-state index contributed by atoms with van der Waals surface area (Å²) in [6.07, 6.45) is 4.08. The molecule has 0 bridgehead atoms. The zero-order valence-corrected chi connectivity index (χ0v) is 12.4. The van der Waals surface area contributed by atoms with Crippen LogP contribution in [-0.4, -0.2) is 38.1 Å². The molecule has 3 rings (SSSR count). The van der Waals surface area contributed by atoms with Crippen LogP contribution in [0, 0.1) is 12.8 Å². The van der Waals surface area contributed by atoms with Crippen LogP contribution in [0.25, 0.3) is 11.4 Å². The number of nitrogens with two attached hydrogens (primary N) is 1. The average molecular weight is 288 g/mol. The number of hydrogen-bond acceptors (Lipinski definition) is 7. The lowest BCUT2D eigenvalue weighted by Gasteiger charge is -2.28. The SMILES string of the molecule is Cc1ncc(-c2noc(CN3CCC(C)CC3)n2)c(N)n1. The molecule has 2 N–H and O–H groups in total. The van der Waals surface area contributed by atoms with Crippen molar-refractivity contribution in [3.05, 3.63) is 17.9 Å². The van der Waals surface area contributed by atoms with Crippen molar-refractivity contribution in [1.29, 1.82) is 0 Å². The molecule has 1 aliphatic rings. The highest BCUT2D eigenvalue weighted by Gasteiger charge is 2.19. The maximum Gasteiger partial charge on any atom is 0.241 e. The fourth-order valence-electron chi connectivity index (χ4n) is 2.50. The maximum absolute atomic E-state index is 5.88. The van der Waals surface area contributed by atoms with E-state index >= 15 is 0 Å². The summed E-state index contributed by atoms with van der Waals surface area (Å²) in [5.74, 6) is 2.88. The molecule has 21 heavy (non-hydrogen) atoms. The third kappa shape index (κ3) is 3.18. The minimum absolute atomic E-state index is 0.377.